The van der Waals surface area contributed by atoms with Crippen molar-refractivity contribution in [3.8, 4) is 0 Å². The molecule has 0 spiro atoms. The summed E-state index contributed by atoms with van der Waals surface area (Å²) >= 11 is 5.85. The first kappa shape index (κ1) is 10.2. The van der Waals surface area contributed by atoms with Crippen LogP contribution in [0.25, 0.3) is 0 Å². The molecule has 1 aromatic rings. The highest BCUT2D eigenvalue weighted by molar-refractivity contribution is 6.31. The predicted octanol–water partition coefficient (Wildman–Crippen LogP) is 2.73. The third kappa shape index (κ3) is 2.83. The highest BCUT2D eigenvalue weighted by Gasteiger charge is 2.10. The highest BCUT2D eigenvalue weighted by Crippen LogP contribution is 2.23. The van der Waals surface area contributed by atoms with Gasteiger partial charge in [0, 0.05) is 6.20 Å². The van der Waals surface area contributed by atoms with Gasteiger partial charge in [0.05, 0.1) is 16.8 Å². The summed E-state index contributed by atoms with van der Waals surface area (Å²) in [6.07, 6.45) is 4.17. The van der Waals surface area contributed by atoms with E-state index in [9.17, 15) is 5.11 Å². The average molecular weight is 198 g/mol. The van der Waals surface area contributed by atoms with Gasteiger partial charge in [-0.25, -0.2) is 0 Å². The number of halogens is 1. The number of pyridine rings is 1. The molecule has 0 aliphatic carbocycles. The minimum Gasteiger partial charge on any atom is -0.387 e. The van der Waals surface area contributed by atoms with Gasteiger partial charge in [-0.3, -0.25) is 4.98 Å². The number of hydrogen-bond acceptors (Lipinski definition) is 2. The van der Waals surface area contributed by atoms with Crippen LogP contribution >= 0.6 is 11.6 Å². The lowest BCUT2D eigenvalue weighted by molar-refractivity contribution is 0.164. The molecule has 0 aliphatic heterocycles. The Balaban J connectivity index is 2.70. The molecule has 1 atom stereocenters. The number of hydrogen-bond donors (Lipinski definition) is 1. The van der Waals surface area contributed by atoms with Gasteiger partial charge in [0.25, 0.3) is 0 Å². The Hall–Kier alpha value is -0.860. The molecule has 13 heavy (non-hydrogen) atoms. The van der Waals surface area contributed by atoms with Gasteiger partial charge >= 0.3 is 0 Å². The zero-order valence-corrected chi connectivity index (χ0v) is 8.04. The van der Waals surface area contributed by atoms with E-state index < -0.39 is 6.10 Å². The van der Waals surface area contributed by atoms with Gasteiger partial charge in [0.1, 0.15) is 0 Å². The summed E-state index contributed by atoms with van der Waals surface area (Å²) in [6, 6.07) is 3.47. The largest absolute Gasteiger partial charge is 0.387 e. The molecule has 0 aromatic carbocycles. The molecule has 0 fully saturated rings. The van der Waals surface area contributed by atoms with E-state index in [1.54, 1.807) is 24.4 Å². The van der Waals surface area contributed by atoms with E-state index in [1.165, 1.54) is 0 Å². The Kier molecular flexibility index (Phi) is 3.93. The fraction of sp³-hybridized carbons (Fsp3) is 0.300. The minimum absolute atomic E-state index is 0.513. The quantitative estimate of drug-likeness (QED) is 0.753. The third-order valence-corrected chi connectivity index (χ3v) is 2.07. The number of allylic oxidation sites excluding steroid dienone is 1. The second-order valence-electron chi connectivity index (χ2n) is 2.75. The van der Waals surface area contributed by atoms with E-state index in [-0.39, 0.29) is 0 Å². The van der Waals surface area contributed by atoms with E-state index in [0.29, 0.717) is 17.1 Å². The minimum atomic E-state index is -0.591. The fourth-order valence-corrected chi connectivity index (χ4v) is 1.30. The van der Waals surface area contributed by atoms with Crippen molar-refractivity contribution in [1.82, 2.24) is 4.98 Å². The van der Waals surface area contributed by atoms with E-state index in [1.807, 2.05) is 0 Å². The molecule has 0 aliphatic rings. The van der Waals surface area contributed by atoms with Crippen LogP contribution in [0.1, 0.15) is 24.6 Å². The first-order valence-electron chi connectivity index (χ1n) is 4.15. The summed E-state index contributed by atoms with van der Waals surface area (Å²) in [5.74, 6) is 0. The van der Waals surface area contributed by atoms with Crippen molar-refractivity contribution < 1.29 is 5.11 Å². The van der Waals surface area contributed by atoms with Crippen molar-refractivity contribution in [2.75, 3.05) is 0 Å². The van der Waals surface area contributed by atoms with Gasteiger partial charge in [-0.15, -0.1) is 6.58 Å². The van der Waals surface area contributed by atoms with Gasteiger partial charge < -0.3 is 5.11 Å². The van der Waals surface area contributed by atoms with Crippen molar-refractivity contribution in [1.29, 1.82) is 0 Å². The van der Waals surface area contributed by atoms with Crippen LogP contribution in [-0.2, 0) is 0 Å². The average Bonchev–Trinajstić information content (AvgIpc) is 2.15. The molecule has 1 N–H and O–H groups in total. The maximum Gasteiger partial charge on any atom is 0.0977 e. The second kappa shape index (κ2) is 5.00. The molecule has 1 heterocycles. The molecule has 0 radical (unpaired) electrons. The topological polar surface area (TPSA) is 33.1 Å². The zero-order valence-electron chi connectivity index (χ0n) is 7.28. The zero-order chi connectivity index (χ0) is 9.68. The Morgan fingerprint density at radius 1 is 1.69 bits per heavy atom. The van der Waals surface area contributed by atoms with Crippen molar-refractivity contribution in [3.63, 3.8) is 0 Å². The Morgan fingerprint density at radius 2 is 2.46 bits per heavy atom. The normalized spacial score (nSPS) is 12.5. The smallest absolute Gasteiger partial charge is 0.0977 e. The van der Waals surface area contributed by atoms with Crippen molar-refractivity contribution in [3.05, 3.63) is 41.7 Å². The monoisotopic (exact) mass is 197 g/mol. The second-order valence-corrected chi connectivity index (χ2v) is 3.16. The Labute approximate surface area is 82.9 Å². The molecular formula is C10H12ClNO. The number of aromatic nitrogens is 1. The third-order valence-electron chi connectivity index (χ3n) is 1.75. The lowest BCUT2D eigenvalue weighted by Crippen LogP contribution is -2.00. The number of rotatable bonds is 4. The Morgan fingerprint density at radius 3 is 3.08 bits per heavy atom. The summed E-state index contributed by atoms with van der Waals surface area (Å²) in [5, 5.41) is 10.2. The van der Waals surface area contributed by atoms with Crippen LogP contribution in [-0.4, -0.2) is 10.1 Å². The summed E-state index contributed by atoms with van der Waals surface area (Å²) in [6.45, 7) is 3.58. The molecule has 2 nitrogen and oxygen atoms in total. The van der Waals surface area contributed by atoms with E-state index >= 15 is 0 Å². The molecule has 0 saturated heterocycles. The lowest BCUT2D eigenvalue weighted by atomic mass is 10.1. The molecule has 0 saturated carbocycles. The van der Waals surface area contributed by atoms with Crippen LogP contribution in [0.5, 0.6) is 0 Å². The number of aliphatic hydroxyl groups is 1. The van der Waals surface area contributed by atoms with Gasteiger partial charge in [0.2, 0.25) is 0 Å². The van der Waals surface area contributed by atoms with E-state index in [0.717, 1.165) is 6.42 Å². The predicted molar refractivity (Wildman–Crippen MR) is 53.6 cm³/mol. The first-order valence-corrected chi connectivity index (χ1v) is 4.53. The summed E-state index contributed by atoms with van der Waals surface area (Å²) in [4.78, 5) is 4.01. The molecule has 70 valence electrons. The summed E-state index contributed by atoms with van der Waals surface area (Å²) in [5.41, 5.74) is 0.547. The standard InChI is InChI=1S/C10H12ClNO/c1-2-3-6-9(13)10-8(11)5-4-7-12-10/h2,4-5,7,9,13H,1,3,6H2. The molecule has 1 aromatic heterocycles. The van der Waals surface area contributed by atoms with Gasteiger partial charge in [0.15, 0.2) is 0 Å². The van der Waals surface area contributed by atoms with E-state index in [4.69, 9.17) is 11.6 Å². The number of nitrogens with zero attached hydrogens (tertiary/aromatic N) is 1. The van der Waals surface area contributed by atoms with Crippen molar-refractivity contribution in [2.24, 2.45) is 0 Å². The molecule has 0 amide bonds. The molecule has 1 rings (SSSR count). The summed E-state index contributed by atoms with van der Waals surface area (Å²) in [7, 11) is 0. The van der Waals surface area contributed by atoms with Crippen LogP contribution in [0.2, 0.25) is 5.02 Å². The van der Waals surface area contributed by atoms with Crippen LogP contribution in [0, 0.1) is 0 Å². The first-order chi connectivity index (χ1) is 6.25. The van der Waals surface area contributed by atoms with Crippen molar-refractivity contribution >= 4 is 11.6 Å². The summed E-state index contributed by atoms with van der Waals surface area (Å²) < 4.78 is 0. The van der Waals surface area contributed by atoms with Crippen LogP contribution in [0.3, 0.4) is 0 Å². The Bertz CT molecular complexity index is 288. The number of aliphatic hydroxyl groups excluding tert-OH is 1. The van der Waals surface area contributed by atoms with Gasteiger partial charge in [-0.05, 0) is 25.0 Å². The van der Waals surface area contributed by atoms with Crippen LogP contribution in [0.15, 0.2) is 31.0 Å². The van der Waals surface area contributed by atoms with Gasteiger partial charge in [-0.1, -0.05) is 17.7 Å². The fourth-order valence-electron chi connectivity index (χ4n) is 1.06. The van der Waals surface area contributed by atoms with Gasteiger partial charge in [-0.2, -0.15) is 0 Å². The van der Waals surface area contributed by atoms with Crippen LogP contribution in [0.4, 0.5) is 0 Å². The maximum absolute atomic E-state index is 9.64. The maximum atomic E-state index is 9.64. The molecular weight excluding hydrogens is 186 g/mol. The highest BCUT2D eigenvalue weighted by atomic mass is 35.5. The lowest BCUT2D eigenvalue weighted by Gasteiger charge is -2.09. The SMILES string of the molecule is C=CCCC(O)c1ncccc1Cl. The van der Waals surface area contributed by atoms with Crippen molar-refractivity contribution in [2.45, 2.75) is 18.9 Å². The molecule has 0 bridgehead atoms. The van der Waals surface area contributed by atoms with Crippen LogP contribution < -0.4 is 0 Å². The van der Waals surface area contributed by atoms with E-state index in [2.05, 4.69) is 11.6 Å². The molecule has 3 heteroatoms. The molecule has 1 unspecified atom stereocenters.